The smallest absolute Gasteiger partial charge is 0.345 e. The molecule has 0 heterocycles. The molecule has 0 amide bonds. The summed E-state index contributed by atoms with van der Waals surface area (Å²) in [6.45, 7) is 1.61. The molecule has 0 radical (unpaired) electrons. The predicted molar refractivity (Wildman–Crippen MR) is 64.5 cm³/mol. The minimum atomic E-state index is -1.19. The molecule has 1 aromatic carbocycles. The van der Waals surface area contributed by atoms with Crippen LogP contribution in [0.15, 0.2) is 18.2 Å². The van der Waals surface area contributed by atoms with Gasteiger partial charge in [0.05, 0.1) is 18.4 Å². The van der Waals surface area contributed by atoms with Gasteiger partial charge in [-0.3, -0.25) is 0 Å². The number of rotatable bonds is 5. The summed E-state index contributed by atoms with van der Waals surface area (Å²) in [6.07, 6.45) is -0.992. The molecule has 98 valence electrons. The van der Waals surface area contributed by atoms with E-state index in [1.807, 2.05) is 0 Å². The Labute approximate surface area is 104 Å². The Morgan fingerprint density at radius 3 is 2.61 bits per heavy atom. The molecule has 3 N–H and O–H groups in total. The summed E-state index contributed by atoms with van der Waals surface area (Å²) >= 11 is 0. The third-order valence-electron chi connectivity index (χ3n) is 2.40. The second-order valence-electron chi connectivity index (χ2n) is 3.56. The predicted octanol–water partition coefficient (Wildman–Crippen LogP) is 1.30. The summed E-state index contributed by atoms with van der Waals surface area (Å²) in [6, 6.07) is 4.63. The van der Waals surface area contributed by atoms with E-state index in [0.717, 1.165) is 0 Å². The standard InChI is InChI=1S/C12H15NO5/c1-3-8(11(14)15)18-12(16)7-5-4-6-9(17-2)10(7)13/h4-6,8H,3,13H2,1-2H3,(H,14,15). The number of nitrogens with two attached hydrogens (primary N) is 1. The van der Waals surface area contributed by atoms with Crippen molar-refractivity contribution in [1.82, 2.24) is 0 Å². The highest BCUT2D eigenvalue weighted by atomic mass is 16.6. The van der Waals surface area contributed by atoms with Crippen molar-refractivity contribution in [3.05, 3.63) is 23.8 Å². The van der Waals surface area contributed by atoms with Crippen molar-refractivity contribution in [2.24, 2.45) is 0 Å². The van der Waals surface area contributed by atoms with E-state index in [1.165, 1.54) is 13.2 Å². The third-order valence-corrected chi connectivity index (χ3v) is 2.40. The number of esters is 1. The molecule has 0 spiro atoms. The van der Waals surface area contributed by atoms with Crippen LogP contribution in [0.25, 0.3) is 0 Å². The van der Waals surface area contributed by atoms with E-state index < -0.39 is 18.0 Å². The summed E-state index contributed by atoms with van der Waals surface area (Å²) < 4.78 is 9.82. The first-order valence-electron chi connectivity index (χ1n) is 5.37. The fraction of sp³-hybridized carbons (Fsp3) is 0.333. The van der Waals surface area contributed by atoms with E-state index in [1.54, 1.807) is 19.1 Å². The molecule has 1 aromatic rings. The number of para-hydroxylation sites is 1. The molecular formula is C12H15NO5. The molecule has 0 fully saturated rings. The topological polar surface area (TPSA) is 98.9 Å². The number of carbonyl (C=O) groups excluding carboxylic acids is 1. The molecule has 6 nitrogen and oxygen atoms in total. The van der Waals surface area contributed by atoms with E-state index in [9.17, 15) is 9.59 Å². The molecule has 0 aliphatic rings. The van der Waals surface area contributed by atoms with E-state index in [2.05, 4.69) is 0 Å². The molecule has 18 heavy (non-hydrogen) atoms. The Balaban J connectivity index is 2.94. The van der Waals surface area contributed by atoms with Gasteiger partial charge in [0.1, 0.15) is 5.75 Å². The van der Waals surface area contributed by atoms with Gasteiger partial charge in [-0.1, -0.05) is 13.0 Å². The van der Waals surface area contributed by atoms with Crippen LogP contribution in [0, 0.1) is 0 Å². The molecule has 0 saturated carbocycles. The van der Waals surface area contributed by atoms with Crippen LogP contribution in [0.1, 0.15) is 23.7 Å². The number of methoxy groups -OCH3 is 1. The lowest BCUT2D eigenvalue weighted by Gasteiger charge is -2.13. The van der Waals surface area contributed by atoms with E-state index >= 15 is 0 Å². The second-order valence-corrected chi connectivity index (χ2v) is 3.56. The summed E-state index contributed by atoms with van der Waals surface area (Å²) in [5, 5.41) is 8.81. The van der Waals surface area contributed by atoms with Crippen LogP contribution < -0.4 is 10.5 Å². The van der Waals surface area contributed by atoms with Gasteiger partial charge in [0.2, 0.25) is 0 Å². The van der Waals surface area contributed by atoms with E-state index in [4.69, 9.17) is 20.3 Å². The SMILES string of the molecule is CCC(OC(=O)c1cccc(OC)c1N)C(=O)O. The molecule has 0 aliphatic carbocycles. The number of benzene rings is 1. The van der Waals surface area contributed by atoms with Crippen molar-refractivity contribution >= 4 is 17.6 Å². The van der Waals surface area contributed by atoms with Crippen molar-refractivity contribution in [3.8, 4) is 5.75 Å². The fourth-order valence-electron chi connectivity index (χ4n) is 1.40. The molecule has 6 heteroatoms. The molecule has 1 rings (SSSR count). The van der Waals surface area contributed by atoms with Gasteiger partial charge in [-0.15, -0.1) is 0 Å². The maximum atomic E-state index is 11.8. The summed E-state index contributed by atoms with van der Waals surface area (Å²) in [7, 11) is 1.42. The Kier molecular flexibility index (Phi) is 4.53. The summed E-state index contributed by atoms with van der Waals surface area (Å²) in [4.78, 5) is 22.6. The number of nitrogen functional groups attached to an aromatic ring is 1. The first-order chi connectivity index (χ1) is 8.51. The lowest BCUT2D eigenvalue weighted by molar-refractivity contribution is -0.147. The molecule has 1 unspecified atom stereocenters. The van der Waals surface area contributed by atoms with Gasteiger partial charge >= 0.3 is 11.9 Å². The van der Waals surface area contributed by atoms with Crippen molar-refractivity contribution in [2.75, 3.05) is 12.8 Å². The Hall–Kier alpha value is -2.24. The number of anilines is 1. The average Bonchev–Trinajstić information content (AvgIpc) is 2.35. The van der Waals surface area contributed by atoms with Crippen LogP contribution >= 0.6 is 0 Å². The number of aliphatic carboxylic acids is 1. The quantitative estimate of drug-likeness (QED) is 0.606. The highest BCUT2D eigenvalue weighted by Gasteiger charge is 2.23. The van der Waals surface area contributed by atoms with Crippen LogP contribution in [-0.2, 0) is 9.53 Å². The highest BCUT2D eigenvalue weighted by Crippen LogP contribution is 2.25. The van der Waals surface area contributed by atoms with Crippen molar-refractivity contribution < 1.29 is 24.2 Å². The number of carbonyl (C=O) groups is 2. The van der Waals surface area contributed by atoms with Crippen LogP contribution in [0.3, 0.4) is 0 Å². The van der Waals surface area contributed by atoms with Gasteiger partial charge in [-0.25, -0.2) is 9.59 Å². The summed E-state index contributed by atoms with van der Waals surface area (Å²) in [5.41, 5.74) is 5.94. The Bertz CT molecular complexity index is 458. The van der Waals surface area contributed by atoms with E-state index in [0.29, 0.717) is 5.75 Å². The van der Waals surface area contributed by atoms with Gasteiger partial charge in [-0.2, -0.15) is 0 Å². The molecule has 0 bridgehead atoms. The molecule has 1 atom stereocenters. The van der Waals surface area contributed by atoms with Crippen molar-refractivity contribution in [1.29, 1.82) is 0 Å². The highest BCUT2D eigenvalue weighted by molar-refractivity contribution is 5.97. The number of hydrogen-bond acceptors (Lipinski definition) is 5. The minimum Gasteiger partial charge on any atom is -0.495 e. The zero-order valence-corrected chi connectivity index (χ0v) is 10.2. The Morgan fingerprint density at radius 2 is 2.11 bits per heavy atom. The largest absolute Gasteiger partial charge is 0.495 e. The van der Waals surface area contributed by atoms with Crippen molar-refractivity contribution in [3.63, 3.8) is 0 Å². The monoisotopic (exact) mass is 253 g/mol. The number of ether oxygens (including phenoxy) is 2. The van der Waals surface area contributed by atoms with Gasteiger partial charge in [0.15, 0.2) is 6.10 Å². The fourth-order valence-corrected chi connectivity index (χ4v) is 1.40. The first-order valence-corrected chi connectivity index (χ1v) is 5.37. The number of carboxylic acids is 1. The average molecular weight is 253 g/mol. The van der Waals surface area contributed by atoms with Crippen LogP contribution in [-0.4, -0.2) is 30.3 Å². The maximum absolute atomic E-state index is 11.8. The molecule has 0 saturated heterocycles. The Morgan fingerprint density at radius 1 is 1.44 bits per heavy atom. The maximum Gasteiger partial charge on any atom is 0.345 e. The number of carboxylic acid groups (broad SMARTS) is 1. The molecular weight excluding hydrogens is 238 g/mol. The van der Waals surface area contributed by atoms with Gasteiger partial charge in [0.25, 0.3) is 0 Å². The minimum absolute atomic E-state index is 0.0917. The van der Waals surface area contributed by atoms with Crippen LogP contribution in [0.2, 0.25) is 0 Å². The van der Waals surface area contributed by atoms with Crippen LogP contribution in [0.5, 0.6) is 5.75 Å². The van der Waals surface area contributed by atoms with Crippen molar-refractivity contribution in [2.45, 2.75) is 19.4 Å². The summed E-state index contributed by atoms with van der Waals surface area (Å²) in [5.74, 6) is -1.62. The van der Waals surface area contributed by atoms with Gasteiger partial charge < -0.3 is 20.3 Å². The lowest BCUT2D eigenvalue weighted by Crippen LogP contribution is -2.26. The van der Waals surface area contributed by atoms with E-state index in [-0.39, 0.29) is 17.7 Å². The zero-order valence-electron chi connectivity index (χ0n) is 10.2. The second kappa shape index (κ2) is 5.90. The first kappa shape index (κ1) is 13.8. The molecule has 0 aliphatic heterocycles. The molecule has 0 aromatic heterocycles. The number of hydrogen-bond donors (Lipinski definition) is 2. The third kappa shape index (κ3) is 2.91. The van der Waals surface area contributed by atoms with Crippen LogP contribution in [0.4, 0.5) is 5.69 Å². The zero-order chi connectivity index (χ0) is 13.7. The lowest BCUT2D eigenvalue weighted by atomic mass is 10.1. The normalized spacial score (nSPS) is 11.7. The van der Waals surface area contributed by atoms with Gasteiger partial charge in [-0.05, 0) is 18.6 Å². The van der Waals surface area contributed by atoms with Gasteiger partial charge in [0, 0.05) is 0 Å².